The van der Waals surface area contributed by atoms with Gasteiger partial charge in [-0.25, -0.2) is 0 Å². The Hall–Kier alpha value is -1.02. The standard InChI is InChI=1S/C21H33ClO2/c1-2-3-4-5-6-7-8-9-10-14-17-20(22)21(23)24-18-19-15-12-11-13-16-19/h11-13,15-16,20H,2-10,14,17-18H2,1H3. The fourth-order valence-electron chi connectivity index (χ4n) is 2.75. The lowest BCUT2D eigenvalue weighted by Crippen LogP contribution is -2.17. The normalized spacial score (nSPS) is 12.1. The van der Waals surface area contributed by atoms with E-state index in [-0.39, 0.29) is 5.97 Å². The molecule has 3 heteroatoms. The molecule has 1 rings (SSSR count). The molecular weight excluding hydrogens is 320 g/mol. The van der Waals surface area contributed by atoms with Crippen molar-refractivity contribution in [3.05, 3.63) is 35.9 Å². The van der Waals surface area contributed by atoms with Crippen LogP contribution in [0.5, 0.6) is 0 Å². The molecule has 0 aliphatic rings. The average molecular weight is 353 g/mol. The van der Waals surface area contributed by atoms with E-state index < -0.39 is 5.38 Å². The number of unbranched alkanes of at least 4 members (excludes halogenated alkanes) is 9. The van der Waals surface area contributed by atoms with E-state index in [0.717, 1.165) is 18.4 Å². The third-order valence-electron chi connectivity index (χ3n) is 4.29. The van der Waals surface area contributed by atoms with Crippen LogP contribution in [0.1, 0.15) is 83.1 Å². The molecule has 0 aliphatic heterocycles. The topological polar surface area (TPSA) is 26.3 Å². The molecule has 0 radical (unpaired) electrons. The lowest BCUT2D eigenvalue weighted by atomic mass is 10.1. The van der Waals surface area contributed by atoms with Crippen LogP contribution < -0.4 is 0 Å². The Morgan fingerprint density at radius 2 is 1.46 bits per heavy atom. The van der Waals surface area contributed by atoms with Crippen molar-refractivity contribution in [1.82, 2.24) is 0 Å². The Labute approximate surface area is 152 Å². The summed E-state index contributed by atoms with van der Waals surface area (Å²) < 4.78 is 5.26. The van der Waals surface area contributed by atoms with Crippen LogP contribution in [0.2, 0.25) is 0 Å². The highest BCUT2D eigenvalue weighted by Gasteiger charge is 2.16. The maximum Gasteiger partial charge on any atom is 0.324 e. The Morgan fingerprint density at radius 1 is 0.917 bits per heavy atom. The molecule has 0 spiro atoms. The van der Waals surface area contributed by atoms with Crippen molar-refractivity contribution < 1.29 is 9.53 Å². The summed E-state index contributed by atoms with van der Waals surface area (Å²) in [6.45, 7) is 2.56. The van der Waals surface area contributed by atoms with Gasteiger partial charge in [0.1, 0.15) is 12.0 Å². The third-order valence-corrected chi connectivity index (χ3v) is 4.69. The minimum atomic E-state index is -0.511. The monoisotopic (exact) mass is 352 g/mol. The number of ether oxygens (including phenoxy) is 1. The average Bonchev–Trinajstić information content (AvgIpc) is 2.62. The zero-order valence-electron chi connectivity index (χ0n) is 15.1. The minimum absolute atomic E-state index is 0.295. The summed E-state index contributed by atoms with van der Waals surface area (Å²) >= 11 is 6.13. The molecule has 0 fully saturated rings. The molecule has 2 nitrogen and oxygen atoms in total. The highest BCUT2D eigenvalue weighted by atomic mass is 35.5. The fourth-order valence-corrected chi connectivity index (χ4v) is 2.97. The first-order valence-electron chi connectivity index (χ1n) is 9.58. The van der Waals surface area contributed by atoms with Crippen LogP contribution in [-0.4, -0.2) is 11.3 Å². The number of hydrogen-bond acceptors (Lipinski definition) is 2. The largest absolute Gasteiger partial charge is 0.460 e. The van der Waals surface area contributed by atoms with Gasteiger partial charge in [0.05, 0.1) is 0 Å². The number of hydrogen-bond donors (Lipinski definition) is 0. The van der Waals surface area contributed by atoms with Gasteiger partial charge < -0.3 is 4.74 Å². The molecule has 24 heavy (non-hydrogen) atoms. The Kier molecular flexibility index (Phi) is 12.6. The van der Waals surface area contributed by atoms with Gasteiger partial charge >= 0.3 is 5.97 Å². The second kappa shape index (κ2) is 14.3. The summed E-state index contributed by atoms with van der Waals surface area (Å²) in [6, 6.07) is 9.70. The molecule has 0 amide bonds. The number of benzene rings is 1. The van der Waals surface area contributed by atoms with Crippen LogP contribution in [0, 0.1) is 0 Å². The number of carbonyl (C=O) groups excluding carboxylic acids is 1. The lowest BCUT2D eigenvalue weighted by Gasteiger charge is -2.10. The highest BCUT2D eigenvalue weighted by molar-refractivity contribution is 6.29. The third kappa shape index (κ3) is 10.7. The van der Waals surface area contributed by atoms with E-state index >= 15 is 0 Å². The number of esters is 1. The van der Waals surface area contributed by atoms with Crippen molar-refractivity contribution in [2.45, 2.75) is 89.5 Å². The van der Waals surface area contributed by atoms with Gasteiger partial charge in [-0.15, -0.1) is 11.6 Å². The van der Waals surface area contributed by atoms with E-state index in [0.29, 0.717) is 13.0 Å². The number of rotatable bonds is 14. The number of halogens is 1. The lowest BCUT2D eigenvalue weighted by molar-refractivity contribution is -0.144. The first-order valence-corrected chi connectivity index (χ1v) is 10.0. The molecule has 1 atom stereocenters. The van der Waals surface area contributed by atoms with E-state index in [1.165, 1.54) is 51.4 Å². The first kappa shape index (κ1) is 21.0. The van der Waals surface area contributed by atoms with Crippen LogP contribution in [0.25, 0.3) is 0 Å². The molecule has 0 aromatic heterocycles. The summed E-state index contributed by atoms with van der Waals surface area (Å²) in [4.78, 5) is 11.9. The Bertz CT molecular complexity index is 419. The molecule has 1 aromatic rings. The summed E-state index contributed by atoms with van der Waals surface area (Å²) in [5, 5.41) is -0.511. The van der Waals surface area contributed by atoms with E-state index in [1.54, 1.807) is 0 Å². The quantitative estimate of drug-likeness (QED) is 0.213. The minimum Gasteiger partial charge on any atom is -0.460 e. The van der Waals surface area contributed by atoms with Crippen molar-refractivity contribution >= 4 is 17.6 Å². The Morgan fingerprint density at radius 3 is 2.04 bits per heavy atom. The molecular formula is C21H33ClO2. The summed E-state index contributed by atoms with van der Waals surface area (Å²) in [6.07, 6.45) is 13.6. The van der Waals surface area contributed by atoms with Crippen molar-refractivity contribution in [2.24, 2.45) is 0 Å². The highest BCUT2D eigenvalue weighted by Crippen LogP contribution is 2.15. The van der Waals surface area contributed by atoms with Gasteiger partial charge in [-0.3, -0.25) is 4.79 Å². The van der Waals surface area contributed by atoms with Gasteiger partial charge in [0.15, 0.2) is 0 Å². The molecule has 1 unspecified atom stereocenters. The van der Waals surface area contributed by atoms with Crippen LogP contribution in [0.15, 0.2) is 30.3 Å². The van der Waals surface area contributed by atoms with Gasteiger partial charge in [-0.2, -0.15) is 0 Å². The van der Waals surface area contributed by atoms with Gasteiger partial charge in [0, 0.05) is 0 Å². The van der Waals surface area contributed by atoms with E-state index in [4.69, 9.17) is 16.3 Å². The predicted molar refractivity (Wildman–Crippen MR) is 102 cm³/mol. The predicted octanol–water partition coefficient (Wildman–Crippen LogP) is 6.65. The summed E-state index contributed by atoms with van der Waals surface area (Å²) in [5.74, 6) is -0.295. The van der Waals surface area contributed by atoms with Gasteiger partial charge in [-0.05, 0) is 12.0 Å². The van der Waals surface area contributed by atoms with Gasteiger partial charge in [0.2, 0.25) is 0 Å². The van der Waals surface area contributed by atoms with Crippen molar-refractivity contribution in [2.75, 3.05) is 0 Å². The maximum absolute atomic E-state index is 11.9. The number of alkyl halides is 1. The fraction of sp³-hybridized carbons (Fsp3) is 0.667. The molecule has 0 N–H and O–H groups in total. The van der Waals surface area contributed by atoms with Crippen molar-refractivity contribution in [3.8, 4) is 0 Å². The SMILES string of the molecule is CCCCCCCCCCCCC(Cl)C(=O)OCc1ccccc1. The molecule has 1 aromatic carbocycles. The molecule has 136 valence electrons. The van der Waals surface area contributed by atoms with E-state index in [1.807, 2.05) is 30.3 Å². The number of carbonyl (C=O) groups is 1. The molecule has 0 saturated heterocycles. The molecule has 0 aliphatic carbocycles. The zero-order valence-corrected chi connectivity index (χ0v) is 15.9. The molecule has 0 heterocycles. The second-order valence-electron chi connectivity index (χ2n) is 6.53. The van der Waals surface area contributed by atoms with Crippen molar-refractivity contribution in [3.63, 3.8) is 0 Å². The van der Waals surface area contributed by atoms with Crippen LogP contribution in [0.4, 0.5) is 0 Å². The summed E-state index contributed by atoms with van der Waals surface area (Å²) in [7, 11) is 0. The van der Waals surface area contributed by atoms with Gasteiger partial charge in [-0.1, -0.05) is 101 Å². The van der Waals surface area contributed by atoms with Crippen LogP contribution in [0.3, 0.4) is 0 Å². The maximum atomic E-state index is 11.9. The Balaban J connectivity index is 1.95. The second-order valence-corrected chi connectivity index (χ2v) is 7.06. The summed E-state index contributed by atoms with van der Waals surface area (Å²) in [5.41, 5.74) is 0.994. The van der Waals surface area contributed by atoms with Gasteiger partial charge in [0.25, 0.3) is 0 Å². The molecule has 0 saturated carbocycles. The van der Waals surface area contributed by atoms with Crippen LogP contribution >= 0.6 is 11.6 Å². The smallest absolute Gasteiger partial charge is 0.324 e. The van der Waals surface area contributed by atoms with Crippen molar-refractivity contribution in [1.29, 1.82) is 0 Å². The first-order chi connectivity index (χ1) is 11.7. The van der Waals surface area contributed by atoms with Crippen LogP contribution in [-0.2, 0) is 16.1 Å². The van der Waals surface area contributed by atoms with E-state index in [9.17, 15) is 4.79 Å². The molecule has 0 bridgehead atoms. The van der Waals surface area contributed by atoms with E-state index in [2.05, 4.69) is 6.92 Å². The zero-order chi connectivity index (χ0) is 17.5.